The Morgan fingerprint density at radius 3 is 0.889 bits per heavy atom. The monoisotopic (exact) mass is 146 g/mol. The van der Waals surface area contributed by atoms with Crippen molar-refractivity contribution in [3.05, 3.63) is 25.8 Å². The van der Waals surface area contributed by atoms with Gasteiger partial charge in [0.05, 0.1) is 0 Å². The van der Waals surface area contributed by atoms with Crippen molar-refractivity contribution in [1.29, 1.82) is 0 Å². The van der Waals surface area contributed by atoms with Crippen molar-refractivity contribution in [2.45, 2.75) is 6.92 Å². The van der Waals surface area contributed by atoms with E-state index < -0.39 is 0 Å². The molecule has 0 aliphatic carbocycles. The fraction of sp³-hybridized carbons (Fsp3) is 0.200. The Bertz CT molecular complexity index is 22.9. The van der Waals surface area contributed by atoms with Gasteiger partial charge in [0, 0.05) is 0 Å². The van der Waals surface area contributed by atoms with Crippen molar-refractivity contribution in [2.75, 3.05) is 0 Å². The second-order valence-corrected chi connectivity index (χ2v) is 0.408. The fourth-order valence-electron chi connectivity index (χ4n) is 0. The van der Waals surface area contributed by atoms with E-state index in [1.54, 1.807) is 6.08 Å². The predicted molar refractivity (Wildman–Crippen MR) is 27.1 cm³/mol. The Labute approximate surface area is 52.7 Å². The Kier molecular flexibility index (Phi) is 67500. The van der Waals surface area contributed by atoms with Crippen LogP contribution in [-0.2, 0) is 0 Å². The van der Waals surface area contributed by atoms with Gasteiger partial charge in [-0.1, -0.05) is 6.08 Å². The van der Waals surface area contributed by atoms with Crippen LogP contribution >= 0.6 is 0 Å². The Balaban J connectivity index is -0.00000000357. The fourth-order valence-corrected chi connectivity index (χ4v) is 0. The van der Waals surface area contributed by atoms with Crippen LogP contribution in [0.3, 0.4) is 0 Å². The minimum atomic E-state index is 0. The van der Waals surface area contributed by atoms with Crippen LogP contribution in [0.25, 0.3) is 0 Å². The average Bonchev–Trinajstić information content (AvgIpc) is 1.46. The lowest BCUT2D eigenvalue weighted by atomic mass is 10.8. The van der Waals surface area contributed by atoms with Crippen LogP contribution in [0.1, 0.15) is 6.92 Å². The van der Waals surface area contributed by atoms with E-state index in [4.69, 9.17) is 0 Å². The highest BCUT2D eigenvalue weighted by molar-refractivity contribution is 4.51. The van der Waals surface area contributed by atoms with E-state index in [0.717, 1.165) is 0 Å². The Hall–Kier alpha value is -0.800. The van der Waals surface area contributed by atoms with E-state index in [2.05, 4.69) is 19.7 Å². The quantitative estimate of drug-likeness (QED) is 0.235. The summed E-state index contributed by atoms with van der Waals surface area (Å²) in [6.07, 6.45) is 1.75. The Morgan fingerprint density at radius 2 is 0.889 bits per heavy atom. The summed E-state index contributed by atoms with van der Waals surface area (Å²) in [6, 6.07) is 0. The molecule has 0 saturated heterocycles. The molecule has 0 amide bonds. The van der Waals surface area contributed by atoms with E-state index in [1.807, 2.05) is 6.92 Å². The maximum Gasteiger partial charge on any atom is -0.0473 e. The second-order valence-electron chi connectivity index (χ2n) is 0.408. The molecule has 9 heavy (non-hydrogen) atoms. The summed E-state index contributed by atoms with van der Waals surface area (Å²) in [7, 11) is 0. The lowest BCUT2D eigenvalue weighted by Gasteiger charge is -1.31. The molecule has 62 valence electrons. The van der Waals surface area contributed by atoms with Crippen molar-refractivity contribution in [3.63, 3.8) is 0 Å². The maximum absolute atomic E-state index is 3.36. The maximum atomic E-state index is 3.36. The van der Waals surface area contributed by atoms with Gasteiger partial charge in [-0.15, -0.1) is 19.7 Å². The van der Waals surface area contributed by atoms with Gasteiger partial charge in [-0.2, -0.15) is 0 Å². The third kappa shape index (κ3) is 304. The zero-order chi connectivity index (χ0) is 4.71. The van der Waals surface area contributed by atoms with Crippen LogP contribution in [0.15, 0.2) is 25.8 Å². The molecule has 0 aromatic carbocycles. The summed E-state index contributed by atoms with van der Waals surface area (Å²) in [6.45, 7) is 11.2. The van der Waals surface area contributed by atoms with Crippen molar-refractivity contribution >= 4 is 0 Å². The molecule has 0 aromatic heterocycles. The van der Waals surface area contributed by atoms with Crippen molar-refractivity contribution in [3.8, 4) is 0 Å². The Morgan fingerprint density at radius 1 is 0.889 bits per heavy atom. The first kappa shape index (κ1) is 87.8. The van der Waals surface area contributed by atoms with E-state index in [0.29, 0.717) is 0 Å². The molecule has 0 nitrogen and oxygen atoms in total. The van der Waals surface area contributed by atoms with Crippen LogP contribution in [0.4, 0.5) is 0 Å². The molecular formula is C5H10F4-4. The molecule has 0 N–H and O–H groups in total. The molecule has 0 aromatic rings. The highest BCUT2D eigenvalue weighted by Gasteiger charge is 1.15. The first-order valence-corrected chi connectivity index (χ1v) is 1.49. The van der Waals surface area contributed by atoms with Crippen molar-refractivity contribution < 1.29 is 18.8 Å². The standard InChI is InChI=1S/C3H6.C2H4.4FH/c1-3-2;1-2;;;;/h3H,1H2,2H3;1-2H2;4*1H/p-4. The molecule has 4 heteroatoms. The van der Waals surface area contributed by atoms with Crippen LogP contribution in [0.2, 0.25) is 0 Å². The largest absolute Gasteiger partial charge is 1.00 e. The van der Waals surface area contributed by atoms with Crippen molar-refractivity contribution in [2.24, 2.45) is 0 Å². The lowest BCUT2D eigenvalue weighted by molar-refractivity contribution is -0.00100. The molecule has 0 spiro atoms. The van der Waals surface area contributed by atoms with Gasteiger partial charge < -0.3 is 18.8 Å². The van der Waals surface area contributed by atoms with E-state index in [-0.39, 0.29) is 18.8 Å². The lowest BCUT2D eigenvalue weighted by Crippen LogP contribution is -3.00. The van der Waals surface area contributed by atoms with Gasteiger partial charge in [0.25, 0.3) is 0 Å². The molecule has 0 saturated carbocycles. The van der Waals surface area contributed by atoms with Crippen LogP contribution in [0, 0.1) is 0 Å². The van der Waals surface area contributed by atoms with Crippen LogP contribution in [0.5, 0.6) is 0 Å². The van der Waals surface area contributed by atoms with Gasteiger partial charge in [0.1, 0.15) is 0 Å². The number of hydrogen-bond donors (Lipinski definition) is 0. The summed E-state index contributed by atoms with van der Waals surface area (Å²) in [5.74, 6) is 0. The van der Waals surface area contributed by atoms with Crippen molar-refractivity contribution in [1.82, 2.24) is 0 Å². The van der Waals surface area contributed by atoms with Gasteiger partial charge in [-0.05, 0) is 6.92 Å². The average molecular weight is 146 g/mol. The topological polar surface area (TPSA) is 0 Å². The summed E-state index contributed by atoms with van der Waals surface area (Å²) >= 11 is 0. The van der Waals surface area contributed by atoms with Gasteiger partial charge in [-0.3, -0.25) is 0 Å². The molecular weight excluding hydrogens is 136 g/mol. The highest BCUT2D eigenvalue weighted by atomic mass is 19.0. The molecule has 0 rings (SSSR count). The van der Waals surface area contributed by atoms with Crippen LogP contribution < -0.4 is 18.8 Å². The normalized spacial score (nSPS) is 1.89. The second kappa shape index (κ2) is 6920. The molecule has 0 aliphatic heterocycles. The first-order chi connectivity index (χ1) is 2.41. The minimum Gasteiger partial charge on any atom is -1.00 e. The summed E-state index contributed by atoms with van der Waals surface area (Å²) < 4.78 is 0. The van der Waals surface area contributed by atoms with Gasteiger partial charge in [0.15, 0.2) is 0 Å². The number of rotatable bonds is 0. The van der Waals surface area contributed by atoms with E-state index >= 15 is 0 Å². The van der Waals surface area contributed by atoms with Gasteiger partial charge in [0.2, 0.25) is 0 Å². The highest BCUT2D eigenvalue weighted by Crippen LogP contribution is 1.38. The molecule has 0 unspecified atom stereocenters. The third-order valence-electron chi connectivity index (χ3n) is 0. The first-order valence-electron chi connectivity index (χ1n) is 1.49. The van der Waals surface area contributed by atoms with Gasteiger partial charge in [-0.25, -0.2) is 0 Å². The molecule has 0 atom stereocenters. The molecule has 0 radical (unpaired) electrons. The zero-order valence-electron chi connectivity index (χ0n) is 5.21. The molecule has 0 fully saturated rings. The molecule has 0 aliphatic rings. The summed E-state index contributed by atoms with van der Waals surface area (Å²) in [5.41, 5.74) is 0. The minimum absolute atomic E-state index is 0. The van der Waals surface area contributed by atoms with E-state index in [1.165, 1.54) is 0 Å². The SMILES string of the molecule is C=C.C=CC.[F-].[F-].[F-].[F-]. The van der Waals surface area contributed by atoms with Gasteiger partial charge >= 0.3 is 0 Å². The van der Waals surface area contributed by atoms with Crippen LogP contribution in [-0.4, -0.2) is 0 Å². The number of halogens is 4. The zero-order valence-corrected chi connectivity index (χ0v) is 5.21. The summed E-state index contributed by atoms with van der Waals surface area (Å²) in [4.78, 5) is 0. The third-order valence-corrected chi connectivity index (χ3v) is 0. The number of hydrogen-bond acceptors (Lipinski definition) is 0. The molecule has 0 bridgehead atoms. The number of allylic oxidation sites excluding steroid dienone is 1. The smallest absolute Gasteiger partial charge is 0.0473 e. The van der Waals surface area contributed by atoms with E-state index in [9.17, 15) is 0 Å². The predicted octanol–water partition coefficient (Wildman–Crippen LogP) is -9.99. The summed E-state index contributed by atoms with van der Waals surface area (Å²) in [5, 5.41) is 0. The molecule has 0 heterocycles.